The molecular weight excluding hydrogens is 390 g/mol. The number of pyridine rings is 1. The van der Waals surface area contributed by atoms with E-state index in [-0.39, 0.29) is 11.8 Å². The maximum Gasteiger partial charge on any atom is 0.256 e. The largest absolute Gasteiger partial charge is 0.497 e. The van der Waals surface area contributed by atoms with Crippen LogP contribution in [0.5, 0.6) is 5.75 Å². The van der Waals surface area contributed by atoms with Gasteiger partial charge in [-0.3, -0.25) is 9.59 Å². The molecule has 158 valence electrons. The van der Waals surface area contributed by atoms with Crippen molar-refractivity contribution in [2.75, 3.05) is 17.7 Å². The Kier molecular flexibility index (Phi) is 5.98. The smallest absolute Gasteiger partial charge is 0.256 e. The SMILES string of the molecule is COc1cccc(C2(C(=O)Nc3cccc(C(=O)Nc4ccccn4)c3)CCCC2)c1. The number of hydrogen-bond acceptors (Lipinski definition) is 4. The molecule has 31 heavy (non-hydrogen) atoms. The molecule has 2 amide bonds. The molecule has 1 aliphatic carbocycles. The van der Waals surface area contributed by atoms with Crippen molar-refractivity contribution in [3.05, 3.63) is 84.1 Å². The summed E-state index contributed by atoms with van der Waals surface area (Å²) >= 11 is 0. The number of amides is 2. The number of anilines is 2. The Morgan fingerprint density at radius 3 is 2.48 bits per heavy atom. The summed E-state index contributed by atoms with van der Waals surface area (Å²) < 4.78 is 5.37. The normalized spacial score (nSPS) is 14.6. The van der Waals surface area contributed by atoms with E-state index in [9.17, 15) is 9.59 Å². The van der Waals surface area contributed by atoms with E-state index < -0.39 is 5.41 Å². The molecule has 0 spiro atoms. The third-order valence-corrected chi connectivity index (χ3v) is 5.80. The van der Waals surface area contributed by atoms with Crippen molar-refractivity contribution in [1.82, 2.24) is 4.98 Å². The highest BCUT2D eigenvalue weighted by Crippen LogP contribution is 2.43. The topological polar surface area (TPSA) is 80.3 Å². The number of ether oxygens (including phenoxy) is 1. The van der Waals surface area contributed by atoms with E-state index in [1.165, 1.54) is 0 Å². The van der Waals surface area contributed by atoms with Gasteiger partial charge in [0.1, 0.15) is 11.6 Å². The Morgan fingerprint density at radius 1 is 0.935 bits per heavy atom. The predicted octanol–water partition coefficient (Wildman–Crippen LogP) is 4.79. The summed E-state index contributed by atoms with van der Waals surface area (Å²) in [6.07, 6.45) is 5.18. The molecule has 0 atom stereocenters. The van der Waals surface area contributed by atoms with Crippen LogP contribution in [0.4, 0.5) is 11.5 Å². The lowest BCUT2D eigenvalue weighted by molar-refractivity contribution is -0.121. The van der Waals surface area contributed by atoms with Gasteiger partial charge in [0.25, 0.3) is 5.91 Å². The van der Waals surface area contributed by atoms with Gasteiger partial charge >= 0.3 is 0 Å². The van der Waals surface area contributed by atoms with E-state index >= 15 is 0 Å². The zero-order valence-corrected chi connectivity index (χ0v) is 17.4. The number of methoxy groups -OCH3 is 1. The number of nitrogens with one attached hydrogen (secondary N) is 2. The lowest BCUT2D eigenvalue weighted by Crippen LogP contribution is -2.38. The van der Waals surface area contributed by atoms with E-state index in [1.807, 2.05) is 24.3 Å². The number of rotatable bonds is 6. The number of hydrogen-bond donors (Lipinski definition) is 2. The van der Waals surface area contributed by atoms with Crippen molar-refractivity contribution >= 4 is 23.3 Å². The van der Waals surface area contributed by atoms with Gasteiger partial charge in [0, 0.05) is 17.4 Å². The first-order valence-corrected chi connectivity index (χ1v) is 10.4. The Balaban J connectivity index is 1.54. The Hall–Kier alpha value is -3.67. The summed E-state index contributed by atoms with van der Waals surface area (Å²) in [6, 6.07) is 20.0. The Bertz CT molecular complexity index is 1080. The Labute approximate surface area is 181 Å². The van der Waals surface area contributed by atoms with Crippen LogP contribution in [-0.4, -0.2) is 23.9 Å². The number of carbonyl (C=O) groups excluding carboxylic acids is 2. The third kappa shape index (κ3) is 4.43. The molecule has 0 saturated heterocycles. The molecule has 0 radical (unpaired) electrons. The average Bonchev–Trinajstić information content (AvgIpc) is 3.31. The van der Waals surface area contributed by atoms with Crippen LogP contribution in [0, 0.1) is 0 Å². The molecular formula is C25H25N3O3. The Morgan fingerprint density at radius 2 is 1.74 bits per heavy atom. The molecule has 1 fully saturated rings. The van der Waals surface area contributed by atoms with Gasteiger partial charge in [0.2, 0.25) is 5.91 Å². The first-order chi connectivity index (χ1) is 15.1. The van der Waals surface area contributed by atoms with Crippen molar-refractivity contribution in [2.24, 2.45) is 0 Å². The molecule has 4 rings (SSSR count). The molecule has 0 bridgehead atoms. The predicted molar refractivity (Wildman–Crippen MR) is 120 cm³/mol. The first-order valence-electron chi connectivity index (χ1n) is 10.4. The maximum atomic E-state index is 13.4. The summed E-state index contributed by atoms with van der Waals surface area (Å²) in [4.78, 5) is 30.1. The zero-order valence-electron chi connectivity index (χ0n) is 17.4. The molecule has 1 saturated carbocycles. The summed E-state index contributed by atoms with van der Waals surface area (Å²) in [5.74, 6) is 0.883. The second kappa shape index (κ2) is 9.00. The van der Waals surface area contributed by atoms with Crippen LogP contribution in [0.15, 0.2) is 72.9 Å². The molecule has 1 aromatic heterocycles. The molecule has 6 heteroatoms. The van der Waals surface area contributed by atoms with Gasteiger partial charge in [-0.25, -0.2) is 4.98 Å². The van der Waals surface area contributed by atoms with Gasteiger partial charge in [-0.1, -0.05) is 37.1 Å². The van der Waals surface area contributed by atoms with E-state index in [2.05, 4.69) is 15.6 Å². The third-order valence-electron chi connectivity index (χ3n) is 5.80. The zero-order chi connectivity index (χ0) is 21.7. The highest BCUT2D eigenvalue weighted by molar-refractivity contribution is 6.05. The van der Waals surface area contributed by atoms with Gasteiger partial charge < -0.3 is 15.4 Å². The quantitative estimate of drug-likeness (QED) is 0.606. The van der Waals surface area contributed by atoms with Gasteiger partial charge in [0.15, 0.2) is 0 Å². The van der Waals surface area contributed by atoms with Crippen LogP contribution < -0.4 is 15.4 Å². The van der Waals surface area contributed by atoms with Crippen molar-refractivity contribution in [3.8, 4) is 5.75 Å². The van der Waals surface area contributed by atoms with Crippen LogP contribution >= 0.6 is 0 Å². The van der Waals surface area contributed by atoms with Crippen LogP contribution in [0.1, 0.15) is 41.6 Å². The fourth-order valence-electron chi connectivity index (χ4n) is 4.16. The van der Waals surface area contributed by atoms with E-state index in [4.69, 9.17) is 4.74 Å². The summed E-state index contributed by atoms with van der Waals surface area (Å²) in [5, 5.41) is 5.81. The minimum Gasteiger partial charge on any atom is -0.497 e. The standard InChI is InChI=1S/C25H25N3O3/c1-31-21-11-7-9-19(17-21)25(13-3-4-14-25)24(30)27-20-10-6-8-18(16-20)23(29)28-22-12-2-5-15-26-22/h2,5-12,15-17H,3-4,13-14H2,1H3,(H,27,30)(H,26,28,29). The maximum absolute atomic E-state index is 13.4. The summed E-state index contributed by atoms with van der Waals surface area (Å²) in [7, 11) is 1.63. The summed E-state index contributed by atoms with van der Waals surface area (Å²) in [6.45, 7) is 0. The molecule has 3 aromatic rings. The molecule has 0 aliphatic heterocycles. The van der Waals surface area contributed by atoms with Gasteiger partial charge in [-0.05, 0) is 60.9 Å². The van der Waals surface area contributed by atoms with Crippen LogP contribution in [-0.2, 0) is 10.2 Å². The van der Waals surface area contributed by atoms with Gasteiger partial charge in [-0.2, -0.15) is 0 Å². The van der Waals surface area contributed by atoms with Crippen molar-refractivity contribution < 1.29 is 14.3 Å². The fourth-order valence-corrected chi connectivity index (χ4v) is 4.16. The second-order valence-corrected chi connectivity index (χ2v) is 7.73. The van der Waals surface area contributed by atoms with Gasteiger partial charge in [-0.15, -0.1) is 0 Å². The van der Waals surface area contributed by atoms with E-state index in [1.54, 1.807) is 55.8 Å². The first kappa shape index (κ1) is 20.6. The average molecular weight is 415 g/mol. The summed E-state index contributed by atoms with van der Waals surface area (Å²) in [5.41, 5.74) is 1.41. The highest BCUT2D eigenvalue weighted by Gasteiger charge is 2.43. The van der Waals surface area contributed by atoms with Gasteiger partial charge in [0.05, 0.1) is 12.5 Å². The number of carbonyl (C=O) groups is 2. The lowest BCUT2D eigenvalue weighted by atomic mass is 9.78. The van der Waals surface area contributed by atoms with Crippen molar-refractivity contribution in [3.63, 3.8) is 0 Å². The number of aromatic nitrogens is 1. The molecule has 0 unspecified atom stereocenters. The molecule has 1 heterocycles. The van der Waals surface area contributed by atoms with Crippen LogP contribution in [0.25, 0.3) is 0 Å². The second-order valence-electron chi connectivity index (χ2n) is 7.73. The van der Waals surface area contributed by atoms with E-state index in [0.29, 0.717) is 17.1 Å². The highest BCUT2D eigenvalue weighted by atomic mass is 16.5. The fraction of sp³-hybridized carbons (Fsp3) is 0.240. The molecule has 2 N–H and O–H groups in total. The minimum absolute atomic E-state index is 0.0551. The monoisotopic (exact) mass is 415 g/mol. The van der Waals surface area contributed by atoms with Crippen LogP contribution in [0.2, 0.25) is 0 Å². The minimum atomic E-state index is -0.596. The van der Waals surface area contributed by atoms with Crippen LogP contribution in [0.3, 0.4) is 0 Å². The lowest BCUT2D eigenvalue weighted by Gasteiger charge is -2.28. The van der Waals surface area contributed by atoms with E-state index in [0.717, 1.165) is 37.0 Å². The number of nitrogens with zero attached hydrogens (tertiary/aromatic N) is 1. The molecule has 2 aromatic carbocycles. The molecule has 1 aliphatic rings. The number of benzene rings is 2. The molecule has 6 nitrogen and oxygen atoms in total. The van der Waals surface area contributed by atoms with Crippen molar-refractivity contribution in [2.45, 2.75) is 31.1 Å². The van der Waals surface area contributed by atoms with Crippen molar-refractivity contribution in [1.29, 1.82) is 0 Å².